The van der Waals surface area contributed by atoms with Gasteiger partial charge in [0, 0.05) is 17.3 Å². The summed E-state index contributed by atoms with van der Waals surface area (Å²) in [5.74, 6) is -1.32. The van der Waals surface area contributed by atoms with Gasteiger partial charge in [-0.15, -0.1) is 0 Å². The molecular formula is C22H14ClF10N3O2. The minimum atomic E-state index is -5.24. The molecule has 1 saturated heterocycles. The van der Waals surface area contributed by atoms with E-state index in [2.05, 4.69) is 4.98 Å². The molecule has 5 nitrogen and oxygen atoms in total. The number of hydrogen-bond acceptors (Lipinski definition) is 4. The zero-order valence-corrected chi connectivity index (χ0v) is 19.3. The largest absolute Gasteiger partial charge is 0.428 e. The van der Waals surface area contributed by atoms with E-state index in [0.717, 1.165) is 24.4 Å². The predicted molar refractivity (Wildman–Crippen MR) is 111 cm³/mol. The minimum Gasteiger partial charge on any atom is -0.335 e. The molecule has 3 heterocycles. The molecule has 0 aliphatic carbocycles. The van der Waals surface area contributed by atoms with Crippen molar-refractivity contribution in [3.8, 4) is 0 Å². The van der Waals surface area contributed by atoms with E-state index in [1.165, 1.54) is 0 Å². The van der Waals surface area contributed by atoms with Gasteiger partial charge in [0.15, 0.2) is 5.67 Å². The Morgan fingerprint density at radius 3 is 2.24 bits per heavy atom. The second-order valence-electron chi connectivity index (χ2n) is 8.63. The third-order valence-corrected chi connectivity index (χ3v) is 6.24. The Bertz CT molecular complexity index is 1270. The number of alkyl halides is 10. The van der Waals surface area contributed by atoms with Crippen LogP contribution in [0.3, 0.4) is 0 Å². The number of nitrogens with one attached hydrogen (secondary N) is 1. The number of hydrogen-bond donors (Lipinski definition) is 1. The van der Waals surface area contributed by atoms with E-state index < -0.39 is 71.4 Å². The summed E-state index contributed by atoms with van der Waals surface area (Å²) in [7, 11) is 0. The number of rotatable bonds is 4. The molecule has 1 fully saturated rings. The fourth-order valence-electron chi connectivity index (χ4n) is 3.96. The second-order valence-corrected chi connectivity index (χ2v) is 9.03. The van der Waals surface area contributed by atoms with Gasteiger partial charge in [0.05, 0.1) is 35.1 Å². The van der Waals surface area contributed by atoms with E-state index >= 15 is 4.39 Å². The highest BCUT2D eigenvalue weighted by atomic mass is 35.5. The van der Waals surface area contributed by atoms with Crippen LogP contribution in [0.15, 0.2) is 42.6 Å². The summed E-state index contributed by atoms with van der Waals surface area (Å²) in [6.45, 7) is -1.40. The summed E-state index contributed by atoms with van der Waals surface area (Å²) in [5, 5.41) is -0.816. The van der Waals surface area contributed by atoms with Gasteiger partial charge < -0.3 is 4.90 Å². The molecule has 1 amide bonds. The number of halogens is 11. The highest BCUT2D eigenvalue weighted by Crippen LogP contribution is 2.49. The molecule has 206 valence electrons. The highest BCUT2D eigenvalue weighted by Gasteiger charge is 2.60. The molecule has 0 bridgehead atoms. The van der Waals surface area contributed by atoms with Gasteiger partial charge in [0.1, 0.15) is 6.42 Å². The molecule has 0 radical (unpaired) electrons. The molecule has 1 atom stereocenters. The minimum absolute atomic E-state index is 0.0715. The molecule has 4 rings (SSSR count). The van der Waals surface area contributed by atoms with Gasteiger partial charge in [-0.2, -0.15) is 39.5 Å². The van der Waals surface area contributed by atoms with Crippen molar-refractivity contribution in [1.29, 1.82) is 0 Å². The maximum absolute atomic E-state index is 15.0. The Kier molecular flexibility index (Phi) is 6.62. The fourth-order valence-corrected chi connectivity index (χ4v) is 4.18. The molecule has 2 aliphatic heterocycles. The maximum Gasteiger partial charge on any atom is 0.428 e. The number of benzene rings is 1. The Balaban J connectivity index is 1.59. The van der Waals surface area contributed by atoms with Crippen molar-refractivity contribution in [2.24, 2.45) is 0 Å². The Labute approximate surface area is 212 Å². The Hall–Kier alpha value is -3.07. The van der Waals surface area contributed by atoms with Crippen molar-refractivity contribution >= 4 is 23.2 Å². The van der Waals surface area contributed by atoms with E-state index in [1.807, 2.05) is 5.48 Å². The van der Waals surface area contributed by atoms with Gasteiger partial charge >= 0.3 is 18.5 Å². The topological polar surface area (TPSA) is 54.5 Å². The van der Waals surface area contributed by atoms with Crippen LogP contribution in [0.5, 0.6) is 0 Å². The van der Waals surface area contributed by atoms with Gasteiger partial charge in [-0.1, -0.05) is 17.7 Å². The molecule has 16 heteroatoms. The van der Waals surface area contributed by atoms with Crippen molar-refractivity contribution in [2.45, 2.75) is 36.2 Å². The summed E-state index contributed by atoms with van der Waals surface area (Å²) in [5.41, 5.74) is -6.76. The van der Waals surface area contributed by atoms with Crippen LogP contribution >= 0.6 is 11.6 Å². The van der Waals surface area contributed by atoms with Crippen LogP contribution in [0.1, 0.15) is 28.8 Å². The van der Waals surface area contributed by atoms with E-state index in [9.17, 15) is 44.3 Å². The summed E-state index contributed by atoms with van der Waals surface area (Å²) in [6, 6.07) is 3.78. The van der Waals surface area contributed by atoms with Crippen LogP contribution in [0.2, 0.25) is 5.02 Å². The number of hydroxylamine groups is 1. The van der Waals surface area contributed by atoms with Crippen molar-refractivity contribution in [3.05, 3.63) is 70.0 Å². The first-order chi connectivity index (χ1) is 17.3. The first-order valence-corrected chi connectivity index (χ1v) is 10.8. The van der Waals surface area contributed by atoms with E-state index in [0.29, 0.717) is 17.0 Å². The maximum atomic E-state index is 15.0. The number of carbonyl (C=O) groups is 1. The Morgan fingerprint density at radius 2 is 1.71 bits per heavy atom. The number of amides is 1. The monoisotopic (exact) mass is 577 g/mol. The standard InChI is InChI=1S/C22H14ClF10N3O2/c23-14-3-2-12(5-13(14)21(28,29)30)19(22(31,32)33)6-15(35-38-19)11-1-4-16(34-8-11)18(24)9-36(10-18)17(37)7-20(25,26)27/h1-6,8,35H,7,9-10H2. The average Bonchev–Trinajstić information content (AvgIpc) is 3.22. The summed E-state index contributed by atoms with van der Waals surface area (Å²) in [4.78, 5) is 20.8. The molecule has 0 saturated carbocycles. The molecule has 2 aromatic rings. The molecule has 1 aromatic heterocycles. The van der Waals surface area contributed by atoms with Crippen molar-refractivity contribution in [1.82, 2.24) is 15.4 Å². The van der Waals surface area contributed by atoms with Gasteiger partial charge in [-0.05, 0) is 30.3 Å². The average molecular weight is 578 g/mol. The molecule has 2 aliphatic rings. The number of aromatic nitrogens is 1. The quantitative estimate of drug-likeness (QED) is 0.450. The van der Waals surface area contributed by atoms with Crippen LogP contribution < -0.4 is 5.48 Å². The molecule has 1 N–H and O–H groups in total. The van der Waals surface area contributed by atoms with Gasteiger partial charge in [-0.25, -0.2) is 4.39 Å². The third-order valence-electron chi connectivity index (χ3n) is 5.91. The summed E-state index contributed by atoms with van der Waals surface area (Å²) >= 11 is 5.51. The lowest BCUT2D eigenvalue weighted by atomic mass is 9.89. The Morgan fingerprint density at radius 1 is 1.05 bits per heavy atom. The molecule has 38 heavy (non-hydrogen) atoms. The van der Waals surface area contributed by atoms with Crippen LogP contribution in [-0.4, -0.2) is 41.2 Å². The molecule has 1 unspecified atom stereocenters. The normalized spacial score (nSPS) is 21.6. The molecule has 0 spiro atoms. The SMILES string of the molecule is O=C(CC(F)(F)F)N1CC(F)(c2ccc(C3=CC(c4ccc(Cl)c(C(F)(F)F)c4)(C(F)(F)F)ON3)cn2)C1. The first-order valence-electron chi connectivity index (χ1n) is 10.5. The second kappa shape index (κ2) is 9.00. The van der Waals surface area contributed by atoms with Gasteiger partial charge in [-0.3, -0.25) is 20.1 Å². The smallest absolute Gasteiger partial charge is 0.335 e. The number of nitrogens with zero attached hydrogens (tertiary/aromatic N) is 2. The van der Waals surface area contributed by atoms with E-state index in [-0.39, 0.29) is 23.0 Å². The van der Waals surface area contributed by atoms with Crippen LogP contribution in [-0.2, 0) is 27.1 Å². The highest BCUT2D eigenvalue weighted by molar-refractivity contribution is 6.31. The lowest BCUT2D eigenvalue weighted by Gasteiger charge is -2.44. The lowest BCUT2D eigenvalue weighted by molar-refractivity contribution is -0.269. The number of likely N-dealkylation sites (tertiary alicyclic amines) is 1. The van der Waals surface area contributed by atoms with Crippen LogP contribution in [0.25, 0.3) is 5.70 Å². The van der Waals surface area contributed by atoms with E-state index in [4.69, 9.17) is 16.4 Å². The zero-order chi connectivity index (χ0) is 28.3. The van der Waals surface area contributed by atoms with Crippen molar-refractivity contribution in [3.63, 3.8) is 0 Å². The lowest BCUT2D eigenvalue weighted by Crippen LogP contribution is -2.59. The van der Waals surface area contributed by atoms with Crippen molar-refractivity contribution < 1.29 is 53.5 Å². The summed E-state index contributed by atoms with van der Waals surface area (Å²) < 4.78 is 134. The van der Waals surface area contributed by atoms with Crippen LogP contribution in [0, 0.1) is 0 Å². The number of pyridine rings is 1. The molecular weight excluding hydrogens is 564 g/mol. The molecule has 1 aromatic carbocycles. The third kappa shape index (κ3) is 5.13. The zero-order valence-electron chi connectivity index (χ0n) is 18.5. The first kappa shape index (κ1) is 28.0. The summed E-state index contributed by atoms with van der Waals surface area (Å²) in [6.07, 6.45) is -15.4. The van der Waals surface area contributed by atoms with Gasteiger partial charge in [0.25, 0.3) is 0 Å². The number of carbonyl (C=O) groups excluding carboxylic acids is 1. The predicted octanol–water partition coefficient (Wildman–Crippen LogP) is 6.05. The van der Waals surface area contributed by atoms with Crippen LogP contribution in [0.4, 0.5) is 43.9 Å². The fraction of sp³-hybridized carbons (Fsp3) is 0.364. The van der Waals surface area contributed by atoms with Gasteiger partial charge in [0.2, 0.25) is 11.5 Å². The van der Waals surface area contributed by atoms with E-state index in [1.54, 1.807) is 0 Å². The van der Waals surface area contributed by atoms with Crippen molar-refractivity contribution in [2.75, 3.05) is 13.1 Å².